The summed E-state index contributed by atoms with van der Waals surface area (Å²) >= 11 is 0. The lowest BCUT2D eigenvalue weighted by molar-refractivity contribution is -0.104. The summed E-state index contributed by atoms with van der Waals surface area (Å²) in [7, 11) is 0. The minimum absolute atomic E-state index is 0.156. The normalized spacial score (nSPS) is 15.3. The van der Waals surface area contributed by atoms with Gasteiger partial charge in [0.15, 0.2) is 6.29 Å². The number of carbonyl (C=O) groups is 1. The van der Waals surface area contributed by atoms with Crippen molar-refractivity contribution in [2.75, 3.05) is 6.67 Å². The lowest BCUT2D eigenvalue weighted by Crippen LogP contribution is -2.28. The number of unbranched alkanes of at least 4 members (excludes halogenated alkanes) is 1. The van der Waals surface area contributed by atoms with Crippen LogP contribution in [0.15, 0.2) is 35.1 Å². The smallest absolute Gasteiger partial charge is 0.155 e. The Morgan fingerprint density at radius 1 is 1.11 bits per heavy atom. The Morgan fingerprint density at radius 2 is 1.74 bits per heavy atom. The van der Waals surface area contributed by atoms with Gasteiger partial charge in [-0.15, -0.1) is 0 Å². The van der Waals surface area contributed by atoms with Crippen molar-refractivity contribution in [3.63, 3.8) is 0 Å². The van der Waals surface area contributed by atoms with Crippen molar-refractivity contribution < 1.29 is 18.0 Å². The number of hydrogen-bond donors (Lipinski definition) is 1. The molecular formula is C22H38F3NO. The predicted molar refractivity (Wildman–Crippen MR) is 110 cm³/mol. The Kier molecular flexibility index (Phi) is 18.3. The van der Waals surface area contributed by atoms with Crippen LogP contribution in [0.25, 0.3) is 0 Å². The van der Waals surface area contributed by atoms with Crippen molar-refractivity contribution in [2.45, 2.75) is 86.1 Å². The molecule has 0 aliphatic carbocycles. The molecule has 0 saturated heterocycles. The van der Waals surface area contributed by atoms with Gasteiger partial charge in [-0.05, 0) is 50.7 Å². The zero-order valence-electron chi connectivity index (χ0n) is 17.9. The van der Waals surface area contributed by atoms with Crippen LogP contribution >= 0.6 is 0 Å². The van der Waals surface area contributed by atoms with E-state index in [4.69, 9.17) is 0 Å². The fourth-order valence-electron chi connectivity index (χ4n) is 2.26. The lowest BCUT2D eigenvalue weighted by Gasteiger charge is -2.21. The van der Waals surface area contributed by atoms with E-state index in [-0.39, 0.29) is 19.0 Å². The highest BCUT2D eigenvalue weighted by Gasteiger charge is 2.12. The number of hydrogen-bond acceptors (Lipinski definition) is 2. The number of nitrogens with one attached hydrogen (secondary N) is 1. The molecule has 0 bridgehead atoms. The van der Waals surface area contributed by atoms with E-state index in [2.05, 4.69) is 26.1 Å². The quantitative estimate of drug-likeness (QED) is 0.218. The molecule has 1 N–H and O–H groups in total. The van der Waals surface area contributed by atoms with Crippen molar-refractivity contribution in [1.29, 1.82) is 0 Å². The molecule has 5 heteroatoms. The van der Waals surface area contributed by atoms with Gasteiger partial charge in [-0.2, -0.15) is 0 Å². The zero-order valence-corrected chi connectivity index (χ0v) is 17.9. The van der Waals surface area contributed by atoms with E-state index < -0.39 is 17.2 Å². The van der Waals surface area contributed by atoms with Crippen LogP contribution in [0.3, 0.4) is 0 Å². The molecule has 2 nitrogen and oxygen atoms in total. The molecule has 0 aromatic heterocycles. The number of aldehydes is 1. The first-order valence-corrected chi connectivity index (χ1v) is 10.0. The number of alkyl halides is 1. The molecule has 0 spiro atoms. The van der Waals surface area contributed by atoms with Crippen LogP contribution in [-0.2, 0) is 4.79 Å². The Hall–Kier alpha value is -1.52. The van der Waals surface area contributed by atoms with Crippen LogP contribution in [-0.4, -0.2) is 19.0 Å². The highest BCUT2D eigenvalue weighted by molar-refractivity contribution is 5.80. The maximum Gasteiger partial charge on any atom is 0.155 e. The summed E-state index contributed by atoms with van der Waals surface area (Å²) in [5.41, 5.74) is 0.0641. The number of rotatable bonds is 12. The summed E-state index contributed by atoms with van der Waals surface area (Å²) in [6.07, 6.45) is 7.71. The molecule has 0 saturated carbocycles. The van der Waals surface area contributed by atoms with Gasteiger partial charge in [0.25, 0.3) is 0 Å². The molecule has 0 aliphatic rings. The average molecular weight is 390 g/mol. The summed E-state index contributed by atoms with van der Waals surface area (Å²) < 4.78 is 38.6. The van der Waals surface area contributed by atoms with Crippen molar-refractivity contribution in [1.82, 2.24) is 5.32 Å². The fourth-order valence-corrected chi connectivity index (χ4v) is 2.26. The maximum atomic E-state index is 14.0. The summed E-state index contributed by atoms with van der Waals surface area (Å²) in [4.78, 5) is 10.9. The largest absolute Gasteiger partial charge is 0.386 e. The Labute approximate surface area is 164 Å². The summed E-state index contributed by atoms with van der Waals surface area (Å²) in [5, 5.41) is 3.24. The standard InChI is InChI=1S/C18H29F2NO.C4H9F/c1-6-9-17(19)16(12-22)18(20)11-14(5)21-15(8-3)10-13(4)7-2;1-2-3-4-5/h9,11-13,15,21H,6-8,10H2,1-5H3;2-4H2,1H3/b14-11+,17-9-,18-16+;. The molecular weight excluding hydrogens is 351 g/mol. The van der Waals surface area contributed by atoms with Crippen LogP contribution in [0.4, 0.5) is 13.2 Å². The molecule has 0 amide bonds. The first-order valence-electron chi connectivity index (χ1n) is 10.0. The molecule has 0 radical (unpaired) electrons. The number of carbonyl (C=O) groups excluding carboxylic acids is 1. The van der Waals surface area contributed by atoms with E-state index in [1.165, 1.54) is 12.2 Å². The molecule has 2 atom stereocenters. The molecule has 0 aromatic carbocycles. The third-order valence-corrected chi connectivity index (χ3v) is 4.15. The van der Waals surface area contributed by atoms with Gasteiger partial charge in [0, 0.05) is 11.7 Å². The van der Waals surface area contributed by atoms with E-state index in [1.807, 2.05) is 6.92 Å². The first-order chi connectivity index (χ1) is 12.8. The Bertz CT molecular complexity index is 482. The van der Waals surface area contributed by atoms with Gasteiger partial charge >= 0.3 is 0 Å². The van der Waals surface area contributed by atoms with E-state index in [0.29, 0.717) is 18.0 Å². The molecule has 2 unspecified atom stereocenters. The molecule has 0 fully saturated rings. The fraction of sp³-hybridized carbons (Fsp3) is 0.682. The minimum Gasteiger partial charge on any atom is -0.386 e. The number of allylic oxidation sites excluding steroid dienone is 6. The summed E-state index contributed by atoms with van der Waals surface area (Å²) in [5.74, 6) is -1.08. The van der Waals surface area contributed by atoms with Crippen molar-refractivity contribution in [3.05, 3.63) is 35.1 Å². The van der Waals surface area contributed by atoms with Crippen LogP contribution in [0.1, 0.15) is 80.1 Å². The summed E-state index contributed by atoms with van der Waals surface area (Å²) in [6, 6.07) is 0.245. The summed E-state index contributed by atoms with van der Waals surface area (Å²) in [6.45, 7) is 11.7. The van der Waals surface area contributed by atoms with Gasteiger partial charge < -0.3 is 5.32 Å². The third kappa shape index (κ3) is 14.2. The van der Waals surface area contributed by atoms with Crippen LogP contribution in [0, 0.1) is 5.92 Å². The minimum atomic E-state index is -0.847. The van der Waals surface area contributed by atoms with Crippen LogP contribution in [0.2, 0.25) is 0 Å². The Morgan fingerprint density at radius 3 is 2.11 bits per heavy atom. The molecule has 27 heavy (non-hydrogen) atoms. The maximum absolute atomic E-state index is 14.0. The van der Waals surface area contributed by atoms with Gasteiger partial charge in [0.1, 0.15) is 11.7 Å². The van der Waals surface area contributed by atoms with E-state index in [0.717, 1.165) is 32.1 Å². The second-order valence-electron chi connectivity index (χ2n) is 6.71. The molecule has 0 heterocycles. The predicted octanol–water partition coefficient (Wildman–Crippen LogP) is 7.14. The lowest BCUT2D eigenvalue weighted by atomic mass is 9.97. The third-order valence-electron chi connectivity index (χ3n) is 4.15. The molecule has 0 aliphatic heterocycles. The SMILES string of the molecule is CC/C=C(F)/C(C=O)=C(F)\C=C(/C)NC(CC)CC(C)CC.CCCCF. The second kappa shape index (κ2) is 17.9. The van der Waals surface area contributed by atoms with Crippen molar-refractivity contribution in [2.24, 2.45) is 5.92 Å². The molecule has 158 valence electrons. The zero-order chi connectivity index (χ0) is 21.2. The Balaban J connectivity index is 0. The van der Waals surface area contributed by atoms with E-state index in [9.17, 15) is 18.0 Å². The second-order valence-corrected chi connectivity index (χ2v) is 6.71. The monoisotopic (exact) mass is 389 g/mol. The van der Waals surface area contributed by atoms with Gasteiger partial charge in [0.2, 0.25) is 0 Å². The highest BCUT2D eigenvalue weighted by atomic mass is 19.1. The van der Waals surface area contributed by atoms with Gasteiger partial charge in [0.05, 0.1) is 12.2 Å². The van der Waals surface area contributed by atoms with Crippen molar-refractivity contribution in [3.8, 4) is 0 Å². The van der Waals surface area contributed by atoms with Crippen LogP contribution in [0.5, 0.6) is 0 Å². The topological polar surface area (TPSA) is 29.1 Å². The van der Waals surface area contributed by atoms with Gasteiger partial charge in [-0.3, -0.25) is 9.18 Å². The molecule has 0 rings (SSSR count). The van der Waals surface area contributed by atoms with Crippen LogP contribution < -0.4 is 5.32 Å². The van der Waals surface area contributed by atoms with Crippen molar-refractivity contribution >= 4 is 6.29 Å². The van der Waals surface area contributed by atoms with Gasteiger partial charge in [-0.25, -0.2) is 8.78 Å². The van der Waals surface area contributed by atoms with Gasteiger partial charge in [-0.1, -0.05) is 47.5 Å². The number of halogens is 3. The first kappa shape index (κ1) is 27.7. The van der Waals surface area contributed by atoms with E-state index in [1.54, 1.807) is 13.8 Å². The molecule has 0 aromatic rings. The van der Waals surface area contributed by atoms with E-state index >= 15 is 0 Å². The average Bonchev–Trinajstić information content (AvgIpc) is 2.62. The highest BCUT2D eigenvalue weighted by Crippen LogP contribution is 2.19.